The predicted molar refractivity (Wildman–Crippen MR) is 81.6 cm³/mol. The van der Waals surface area contributed by atoms with Crippen LogP contribution in [0.5, 0.6) is 5.75 Å². The second-order valence-corrected chi connectivity index (χ2v) is 6.48. The molecule has 0 spiro atoms. The Morgan fingerprint density at radius 2 is 2.00 bits per heavy atom. The molecular formula is C18H20O2. The number of aromatic hydroxyl groups is 1. The minimum Gasteiger partial charge on any atom is -0.507 e. The van der Waals surface area contributed by atoms with E-state index >= 15 is 0 Å². The molecule has 0 aromatic heterocycles. The maximum Gasteiger partial charge on any atom is 0.163 e. The molecule has 0 saturated carbocycles. The van der Waals surface area contributed by atoms with E-state index in [0.717, 1.165) is 17.2 Å². The van der Waals surface area contributed by atoms with Gasteiger partial charge in [-0.05, 0) is 65.6 Å². The van der Waals surface area contributed by atoms with Crippen LogP contribution in [-0.2, 0) is 11.8 Å². The van der Waals surface area contributed by atoms with Crippen LogP contribution in [0.3, 0.4) is 0 Å². The van der Waals surface area contributed by atoms with Crippen LogP contribution in [0, 0.1) is 0 Å². The van der Waals surface area contributed by atoms with Crippen molar-refractivity contribution in [3.8, 4) is 5.75 Å². The third kappa shape index (κ3) is 1.91. The summed E-state index contributed by atoms with van der Waals surface area (Å²) in [6, 6.07) is 7.85. The summed E-state index contributed by atoms with van der Waals surface area (Å²) in [6.45, 7) is 6.05. The molecule has 1 N–H and O–H groups in total. The van der Waals surface area contributed by atoms with E-state index in [2.05, 4.69) is 26.0 Å². The molecule has 0 amide bonds. The van der Waals surface area contributed by atoms with Gasteiger partial charge in [0.1, 0.15) is 5.75 Å². The smallest absolute Gasteiger partial charge is 0.163 e. The van der Waals surface area contributed by atoms with Crippen molar-refractivity contribution in [1.82, 2.24) is 0 Å². The Hall–Kier alpha value is -1.83. The number of carbonyl (C=O) groups excluding carboxylic acids is 1. The van der Waals surface area contributed by atoms with Crippen LogP contribution >= 0.6 is 0 Å². The van der Waals surface area contributed by atoms with E-state index in [1.54, 1.807) is 6.07 Å². The summed E-state index contributed by atoms with van der Waals surface area (Å²) in [6.07, 6.45) is 3.42. The first-order valence-corrected chi connectivity index (χ1v) is 7.20. The summed E-state index contributed by atoms with van der Waals surface area (Å²) >= 11 is 0. The third-order valence-electron chi connectivity index (χ3n) is 4.58. The van der Waals surface area contributed by atoms with Gasteiger partial charge in [0.2, 0.25) is 0 Å². The van der Waals surface area contributed by atoms with Gasteiger partial charge in [-0.2, -0.15) is 0 Å². The molecule has 20 heavy (non-hydrogen) atoms. The molecule has 1 aliphatic carbocycles. The van der Waals surface area contributed by atoms with Gasteiger partial charge in [0.25, 0.3) is 0 Å². The molecule has 0 unspecified atom stereocenters. The minimum absolute atomic E-state index is 0.0950. The lowest BCUT2D eigenvalue weighted by Gasteiger charge is -2.33. The molecule has 0 heterocycles. The third-order valence-corrected chi connectivity index (χ3v) is 4.58. The normalized spacial score (nSPS) is 16.9. The number of ketones is 1. The quantitative estimate of drug-likeness (QED) is 0.780. The lowest BCUT2D eigenvalue weighted by atomic mass is 9.71. The number of benzene rings is 2. The van der Waals surface area contributed by atoms with Crippen molar-refractivity contribution in [3.63, 3.8) is 0 Å². The second-order valence-electron chi connectivity index (χ2n) is 6.48. The first-order valence-electron chi connectivity index (χ1n) is 7.20. The van der Waals surface area contributed by atoms with Crippen LogP contribution in [0.15, 0.2) is 24.3 Å². The molecule has 0 bridgehead atoms. The maximum absolute atomic E-state index is 11.5. The van der Waals surface area contributed by atoms with Gasteiger partial charge in [-0.1, -0.05) is 26.0 Å². The fraction of sp³-hybridized carbons (Fsp3) is 0.389. The van der Waals surface area contributed by atoms with Crippen molar-refractivity contribution in [2.75, 3.05) is 0 Å². The predicted octanol–water partition coefficient (Wildman–Crippen LogP) is 4.36. The summed E-state index contributed by atoms with van der Waals surface area (Å²) in [5.74, 6) is 0.00392. The summed E-state index contributed by atoms with van der Waals surface area (Å²) < 4.78 is 0. The zero-order valence-electron chi connectivity index (χ0n) is 12.3. The summed E-state index contributed by atoms with van der Waals surface area (Å²) in [7, 11) is 0. The van der Waals surface area contributed by atoms with Crippen molar-refractivity contribution >= 4 is 16.6 Å². The lowest BCUT2D eigenvalue weighted by Crippen LogP contribution is -2.23. The number of hydrogen-bond acceptors (Lipinski definition) is 2. The van der Waals surface area contributed by atoms with Gasteiger partial charge in [-0.25, -0.2) is 0 Å². The standard InChI is InChI=1S/C18H20O2/c1-11(19)14-9-12-6-7-16-13(15(12)10-17(14)20)5-4-8-18(16,2)3/h6-7,9-10,20H,4-5,8H2,1-3H3. The van der Waals surface area contributed by atoms with Crippen molar-refractivity contribution < 1.29 is 9.90 Å². The fourth-order valence-corrected chi connectivity index (χ4v) is 3.45. The van der Waals surface area contributed by atoms with Crippen LogP contribution in [0.2, 0.25) is 0 Å². The Morgan fingerprint density at radius 3 is 2.70 bits per heavy atom. The molecule has 2 heteroatoms. The van der Waals surface area contributed by atoms with Gasteiger partial charge >= 0.3 is 0 Å². The molecule has 3 rings (SSSR count). The van der Waals surface area contributed by atoms with E-state index in [1.165, 1.54) is 30.9 Å². The molecule has 0 fully saturated rings. The molecule has 0 saturated heterocycles. The molecule has 2 aromatic rings. The van der Waals surface area contributed by atoms with E-state index in [-0.39, 0.29) is 16.9 Å². The van der Waals surface area contributed by atoms with Crippen molar-refractivity contribution in [1.29, 1.82) is 0 Å². The van der Waals surface area contributed by atoms with Gasteiger partial charge in [-0.3, -0.25) is 4.79 Å². The molecule has 1 aliphatic rings. The maximum atomic E-state index is 11.5. The molecule has 0 atom stereocenters. The fourth-order valence-electron chi connectivity index (χ4n) is 3.45. The Labute approximate surface area is 119 Å². The Kier molecular flexibility index (Phi) is 2.86. The Morgan fingerprint density at radius 1 is 1.25 bits per heavy atom. The van der Waals surface area contributed by atoms with E-state index in [0.29, 0.717) is 5.56 Å². The number of rotatable bonds is 1. The number of phenols is 1. The van der Waals surface area contributed by atoms with Gasteiger partial charge in [0.15, 0.2) is 5.78 Å². The van der Waals surface area contributed by atoms with Gasteiger partial charge in [0.05, 0.1) is 5.56 Å². The highest BCUT2D eigenvalue weighted by atomic mass is 16.3. The first-order chi connectivity index (χ1) is 9.40. The minimum atomic E-state index is -0.0950. The number of hydrogen-bond donors (Lipinski definition) is 1. The van der Waals surface area contributed by atoms with Gasteiger partial charge in [-0.15, -0.1) is 0 Å². The number of fused-ring (bicyclic) bond motifs is 3. The number of aryl methyl sites for hydroxylation is 1. The molecule has 104 valence electrons. The summed E-state index contributed by atoms with van der Waals surface area (Å²) in [4.78, 5) is 11.5. The van der Waals surface area contributed by atoms with E-state index in [1.807, 2.05) is 6.07 Å². The Balaban J connectivity index is 2.32. The largest absolute Gasteiger partial charge is 0.507 e. The SMILES string of the molecule is CC(=O)c1cc2ccc3c(c2cc1O)CCCC3(C)C. The highest BCUT2D eigenvalue weighted by molar-refractivity contribution is 6.02. The highest BCUT2D eigenvalue weighted by Crippen LogP contribution is 2.41. The van der Waals surface area contributed by atoms with E-state index in [4.69, 9.17) is 0 Å². The number of phenolic OH excluding ortho intramolecular Hbond substituents is 1. The van der Waals surface area contributed by atoms with Crippen LogP contribution in [0.1, 0.15) is 55.1 Å². The average molecular weight is 268 g/mol. The molecule has 2 nitrogen and oxygen atoms in total. The number of carbonyl (C=O) groups is 1. The lowest BCUT2D eigenvalue weighted by molar-refractivity contribution is 0.101. The molecular weight excluding hydrogens is 248 g/mol. The molecule has 2 aromatic carbocycles. The zero-order valence-corrected chi connectivity index (χ0v) is 12.3. The van der Waals surface area contributed by atoms with Gasteiger partial charge < -0.3 is 5.11 Å². The monoisotopic (exact) mass is 268 g/mol. The molecule has 0 aliphatic heterocycles. The van der Waals surface area contributed by atoms with Crippen molar-refractivity contribution in [2.45, 2.75) is 45.4 Å². The summed E-state index contributed by atoms with van der Waals surface area (Å²) in [5.41, 5.74) is 3.32. The van der Waals surface area contributed by atoms with Crippen LogP contribution in [0.4, 0.5) is 0 Å². The summed E-state index contributed by atoms with van der Waals surface area (Å²) in [5, 5.41) is 12.2. The number of Topliss-reactive ketones (excluding diaryl/α,β-unsaturated/α-hetero) is 1. The van der Waals surface area contributed by atoms with E-state index < -0.39 is 0 Å². The van der Waals surface area contributed by atoms with E-state index in [9.17, 15) is 9.90 Å². The first kappa shape index (κ1) is 13.2. The van der Waals surface area contributed by atoms with Crippen LogP contribution in [0.25, 0.3) is 10.8 Å². The van der Waals surface area contributed by atoms with Crippen LogP contribution < -0.4 is 0 Å². The topological polar surface area (TPSA) is 37.3 Å². The Bertz CT molecular complexity index is 711. The zero-order chi connectivity index (χ0) is 14.5. The average Bonchev–Trinajstić information content (AvgIpc) is 2.37. The van der Waals surface area contributed by atoms with Crippen molar-refractivity contribution in [3.05, 3.63) is 41.0 Å². The van der Waals surface area contributed by atoms with Crippen LogP contribution in [-0.4, -0.2) is 10.9 Å². The van der Waals surface area contributed by atoms with Gasteiger partial charge in [0, 0.05) is 0 Å². The second kappa shape index (κ2) is 4.34. The van der Waals surface area contributed by atoms with Crippen molar-refractivity contribution in [2.24, 2.45) is 0 Å². The molecule has 0 radical (unpaired) electrons. The highest BCUT2D eigenvalue weighted by Gasteiger charge is 2.28.